The molecule has 0 radical (unpaired) electrons. The second kappa shape index (κ2) is 6.58. The van der Waals surface area contributed by atoms with Crippen molar-refractivity contribution in [2.24, 2.45) is 0 Å². The van der Waals surface area contributed by atoms with Crippen LogP contribution < -0.4 is 4.90 Å². The fourth-order valence-electron chi connectivity index (χ4n) is 3.70. The van der Waals surface area contributed by atoms with Crippen molar-refractivity contribution in [2.45, 2.75) is 33.5 Å². The van der Waals surface area contributed by atoms with Gasteiger partial charge in [-0.05, 0) is 43.3 Å². The minimum atomic E-state index is 0.776. The first-order valence-corrected chi connectivity index (χ1v) is 9.17. The molecular formula is C20H23N4S+. The third kappa shape index (κ3) is 3.05. The van der Waals surface area contributed by atoms with Gasteiger partial charge in [0.2, 0.25) is 4.77 Å². The van der Waals surface area contributed by atoms with Gasteiger partial charge in [-0.1, -0.05) is 42.5 Å². The van der Waals surface area contributed by atoms with E-state index < -0.39 is 0 Å². The standard InChI is InChI=1S/C20H22N4S/c1-15-7-3-6-10-19(15)24-16(2)21-23(20(24)25)14-22-12-11-17-8-4-5-9-18(17)13-22/h3-10H,11-14H2,1-2H3/p+1. The number of aromatic nitrogens is 3. The van der Waals surface area contributed by atoms with Gasteiger partial charge in [0.1, 0.15) is 12.4 Å². The second-order valence-electron chi connectivity index (χ2n) is 6.80. The van der Waals surface area contributed by atoms with E-state index in [1.807, 2.05) is 17.7 Å². The summed E-state index contributed by atoms with van der Waals surface area (Å²) in [7, 11) is 0. The minimum Gasteiger partial charge on any atom is -0.312 e. The summed E-state index contributed by atoms with van der Waals surface area (Å²) < 4.78 is 4.85. The highest BCUT2D eigenvalue weighted by molar-refractivity contribution is 7.71. The summed E-state index contributed by atoms with van der Waals surface area (Å²) in [5.41, 5.74) is 5.26. The van der Waals surface area contributed by atoms with Gasteiger partial charge < -0.3 is 4.90 Å². The molecule has 128 valence electrons. The number of aryl methyl sites for hydroxylation is 2. The Morgan fingerprint density at radius 2 is 1.76 bits per heavy atom. The Morgan fingerprint density at radius 3 is 2.56 bits per heavy atom. The first kappa shape index (κ1) is 16.2. The maximum absolute atomic E-state index is 5.75. The number of fused-ring (bicyclic) bond motifs is 1. The van der Waals surface area contributed by atoms with E-state index in [1.165, 1.54) is 21.6 Å². The van der Waals surface area contributed by atoms with Gasteiger partial charge in [0.05, 0.1) is 12.2 Å². The van der Waals surface area contributed by atoms with Crippen LogP contribution in [0.4, 0.5) is 0 Å². The van der Waals surface area contributed by atoms with Crippen LogP contribution in [0.2, 0.25) is 0 Å². The maximum Gasteiger partial charge on any atom is 0.207 e. The molecule has 1 atom stereocenters. The van der Waals surface area contributed by atoms with E-state index in [1.54, 1.807) is 0 Å². The quantitative estimate of drug-likeness (QED) is 0.735. The molecule has 0 saturated carbocycles. The average molecular weight is 351 g/mol. The zero-order chi connectivity index (χ0) is 17.4. The van der Waals surface area contributed by atoms with E-state index in [0.29, 0.717) is 0 Å². The van der Waals surface area contributed by atoms with Crippen molar-refractivity contribution >= 4 is 12.2 Å². The number of rotatable bonds is 3. The predicted octanol–water partition coefficient (Wildman–Crippen LogP) is 2.62. The highest BCUT2D eigenvalue weighted by atomic mass is 32.1. The Hall–Kier alpha value is -2.24. The Bertz CT molecular complexity index is 970. The molecule has 4 nitrogen and oxygen atoms in total. The Morgan fingerprint density at radius 1 is 1.04 bits per heavy atom. The van der Waals surface area contributed by atoms with Gasteiger partial charge >= 0.3 is 0 Å². The molecule has 2 aromatic carbocycles. The minimum absolute atomic E-state index is 0.776. The van der Waals surface area contributed by atoms with Crippen LogP contribution in [-0.4, -0.2) is 20.9 Å². The van der Waals surface area contributed by atoms with Crippen LogP contribution in [0.1, 0.15) is 22.5 Å². The molecule has 0 saturated heterocycles. The highest BCUT2D eigenvalue weighted by Gasteiger charge is 2.21. The Kier molecular flexibility index (Phi) is 4.27. The van der Waals surface area contributed by atoms with Gasteiger partial charge in [0.25, 0.3) is 0 Å². The molecular weight excluding hydrogens is 328 g/mol. The summed E-state index contributed by atoms with van der Waals surface area (Å²) in [6, 6.07) is 17.1. The molecule has 1 aliphatic rings. The van der Waals surface area contributed by atoms with Crippen molar-refractivity contribution in [3.63, 3.8) is 0 Å². The average Bonchev–Trinajstić information content (AvgIpc) is 2.89. The summed E-state index contributed by atoms with van der Waals surface area (Å²) in [6.07, 6.45) is 1.12. The molecule has 1 unspecified atom stereocenters. The Balaban J connectivity index is 1.62. The largest absolute Gasteiger partial charge is 0.312 e. The van der Waals surface area contributed by atoms with Crippen molar-refractivity contribution in [3.8, 4) is 5.69 Å². The van der Waals surface area contributed by atoms with Crippen LogP contribution in [0.5, 0.6) is 0 Å². The van der Waals surface area contributed by atoms with E-state index in [2.05, 4.69) is 54.0 Å². The van der Waals surface area contributed by atoms with Gasteiger partial charge in [0.15, 0.2) is 6.67 Å². The van der Waals surface area contributed by atoms with Gasteiger partial charge in [-0.2, -0.15) is 9.78 Å². The molecule has 2 heterocycles. The van der Waals surface area contributed by atoms with Gasteiger partial charge in [-0.3, -0.25) is 4.57 Å². The van der Waals surface area contributed by atoms with Crippen LogP contribution in [0, 0.1) is 18.6 Å². The molecule has 1 aromatic heterocycles. The Labute approximate surface area is 153 Å². The summed E-state index contributed by atoms with van der Waals surface area (Å²) in [5.74, 6) is 0.941. The molecule has 0 bridgehead atoms. The fourth-order valence-corrected chi connectivity index (χ4v) is 4.04. The summed E-state index contributed by atoms with van der Waals surface area (Å²) >= 11 is 5.75. The van der Waals surface area contributed by atoms with E-state index in [0.717, 1.165) is 42.5 Å². The summed E-state index contributed by atoms with van der Waals surface area (Å²) in [4.78, 5) is 1.50. The normalized spacial score (nSPS) is 16.6. The lowest BCUT2D eigenvalue weighted by atomic mass is 10.0. The lowest BCUT2D eigenvalue weighted by Crippen LogP contribution is -3.11. The zero-order valence-electron chi connectivity index (χ0n) is 14.7. The van der Waals surface area contributed by atoms with Gasteiger partial charge in [0, 0.05) is 12.0 Å². The smallest absolute Gasteiger partial charge is 0.207 e. The lowest BCUT2D eigenvalue weighted by molar-refractivity contribution is -0.939. The highest BCUT2D eigenvalue weighted by Crippen LogP contribution is 2.16. The number of nitrogens with zero attached hydrogens (tertiary/aromatic N) is 3. The number of hydrogen-bond acceptors (Lipinski definition) is 2. The molecule has 0 spiro atoms. The molecule has 25 heavy (non-hydrogen) atoms. The van der Waals surface area contributed by atoms with Crippen molar-refractivity contribution in [2.75, 3.05) is 6.54 Å². The zero-order valence-corrected chi connectivity index (χ0v) is 15.5. The number of nitrogens with one attached hydrogen (secondary N) is 1. The monoisotopic (exact) mass is 351 g/mol. The first-order valence-electron chi connectivity index (χ1n) is 8.76. The summed E-state index contributed by atoms with van der Waals surface area (Å²) in [6.45, 7) is 7.11. The second-order valence-corrected chi connectivity index (χ2v) is 7.17. The van der Waals surface area contributed by atoms with Gasteiger partial charge in [-0.25, -0.2) is 0 Å². The molecule has 0 aliphatic carbocycles. The maximum atomic E-state index is 5.75. The molecule has 0 fully saturated rings. The molecule has 3 aromatic rings. The molecule has 5 heteroatoms. The van der Waals surface area contributed by atoms with Crippen molar-refractivity contribution in [1.82, 2.24) is 14.3 Å². The third-order valence-corrected chi connectivity index (χ3v) is 5.43. The fraction of sp³-hybridized carbons (Fsp3) is 0.300. The lowest BCUT2D eigenvalue weighted by Gasteiger charge is -2.25. The van der Waals surface area contributed by atoms with Crippen molar-refractivity contribution in [3.05, 3.63) is 75.8 Å². The topological polar surface area (TPSA) is 27.2 Å². The van der Waals surface area contributed by atoms with E-state index in [9.17, 15) is 0 Å². The van der Waals surface area contributed by atoms with Crippen LogP contribution >= 0.6 is 12.2 Å². The van der Waals surface area contributed by atoms with Crippen molar-refractivity contribution in [1.29, 1.82) is 0 Å². The predicted molar refractivity (Wildman–Crippen MR) is 102 cm³/mol. The first-order chi connectivity index (χ1) is 12.1. The van der Waals surface area contributed by atoms with Gasteiger partial charge in [-0.15, -0.1) is 0 Å². The van der Waals surface area contributed by atoms with Crippen LogP contribution in [0.15, 0.2) is 48.5 Å². The summed E-state index contributed by atoms with van der Waals surface area (Å²) in [5, 5.41) is 4.73. The SMILES string of the molecule is Cc1ccccc1-n1c(C)nn(C[NH+]2CCc3ccccc3C2)c1=S. The number of quaternary nitrogens is 1. The van der Waals surface area contributed by atoms with Crippen LogP contribution in [-0.2, 0) is 19.6 Å². The van der Waals surface area contributed by atoms with E-state index in [4.69, 9.17) is 17.3 Å². The number of benzene rings is 2. The molecule has 1 N–H and O–H groups in total. The van der Waals surface area contributed by atoms with E-state index >= 15 is 0 Å². The molecule has 1 aliphatic heterocycles. The molecule has 0 amide bonds. The van der Waals surface area contributed by atoms with Crippen LogP contribution in [0.3, 0.4) is 0 Å². The third-order valence-electron chi connectivity index (χ3n) is 5.04. The number of para-hydroxylation sites is 1. The van der Waals surface area contributed by atoms with Crippen molar-refractivity contribution < 1.29 is 4.90 Å². The number of hydrogen-bond donors (Lipinski definition) is 1. The van der Waals surface area contributed by atoms with Crippen LogP contribution in [0.25, 0.3) is 5.69 Å². The van der Waals surface area contributed by atoms with E-state index in [-0.39, 0.29) is 0 Å². The molecule has 4 rings (SSSR count).